The average molecular weight is 316 g/mol. The fraction of sp³-hybridized carbons (Fsp3) is 0.429. The number of ether oxygens (including phenoxy) is 1. The normalized spacial score (nSPS) is 13.3. The molecule has 116 valence electrons. The Hall–Kier alpha value is -1.66. The first kappa shape index (κ1) is 17.4. The Morgan fingerprint density at radius 1 is 1.29 bits per heavy atom. The van der Waals surface area contributed by atoms with E-state index in [4.69, 9.17) is 9.26 Å². The highest BCUT2D eigenvalue weighted by Crippen LogP contribution is 2.20. The zero-order valence-electron chi connectivity index (χ0n) is 12.2. The van der Waals surface area contributed by atoms with E-state index in [0.717, 1.165) is 0 Å². The monoisotopic (exact) mass is 315 g/mol. The van der Waals surface area contributed by atoms with Gasteiger partial charge in [-0.25, -0.2) is 4.39 Å². The first-order chi connectivity index (χ1) is 9.58. The average Bonchev–Trinajstić information content (AvgIpc) is 2.89. The van der Waals surface area contributed by atoms with Gasteiger partial charge in [-0.2, -0.15) is 4.98 Å². The van der Waals surface area contributed by atoms with Gasteiger partial charge in [0.2, 0.25) is 0 Å². The second-order valence-electron chi connectivity index (χ2n) is 4.66. The summed E-state index contributed by atoms with van der Waals surface area (Å²) in [5.74, 6) is 1.30. The molecule has 0 amide bonds. The van der Waals surface area contributed by atoms with Crippen molar-refractivity contribution in [3.05, 3.63) is 41.8 Å². The smallest absolute Gasteiger partial charge is 0.267 e. The molecule has 0 fully saturated rings. The van der Waals surface area contributed by atoms with E-state index in [1.165, 1.54) is 12.1 Å². The zero-order chi connectivity index (χ0) is 14.5. The Balaban J connectivity index is 0.00000220. The quantitative estimate of drug-likeness (QED) is 0.888. The van der Waals surface area contributed by atoms with Crippen LogP contribution >= 0.6 is 12.4 Å². The predicted molar refractivity (Wildman–Crippen MR) is 79.2 cm³/mol. The molecule has 0 saturated carbocycles. The van der Waals surface area contributed by atoms with Crippen molar-refractivity contribution in [2.75, 3.05) is 7.05 Å². The van der Waals surface area contributed by atoms with Crippen molar-refractivity contribution in [2.24, 2.45) is 0 Å². The second-order valence-corrected chi connectivity index (χ2v) is 4.66. The summed E-state index contributed by atoms with van der Waals surface area (Å²) in [5.41, 5.74) is 0. The first-order valence-corrected chi connectivity index (χ1v) is 6.50. The van der Waals surface area contributed by atoms with Gasteiger partial charge < -0.3 is 14.6 Å². The van der Waals surface area contributed by atoms with Crippen LogP contribution in [0.25, 0.3) is 0 Å². The third kappa shape index (κ3) is 4.99. The Morgan fingerprint density at radius 3 is 2.57 bits per heavy atom. The highest BCUT2D eigenvalue weighted by molar-refractivity contribution is 5.85. The number of nitrogens with zero attached hydrogens (tertiary/aromatic N) is 2. The molecular weight excluding hydrogens is 297 g/mol. The summed E-state index contributed by atoms with van der Waals surface area (Å²) in [7, 11) is 1.88. The SMILES string of the molecule is CNC(C)Cc1noc(C(C)Oc2ccc(F)cc2)n1.Cl. The van der Waals surface area contributed by atoms with E-state index in [0.29, 0.717) is 23.9 Å². The van der Waals surface area contributed by atoms with Gasteiger partial charge in [0.25, 0.3) is 5.89 Å². The van der Waals surface area contributed by atoms with Crippen LogP contribution in [0, 0.1) is 5.82 Å². The molecule has 1 N–H and O–H groups in total. The summed E-state index contributed by atoms with van der Waals surface area (Å²) in [6, 6.07) is 6.08. The van der Waals surface area contributed by atoms with Crippen LogP contribution in [0.5, 0.6) is 5.75 Å². The molecule has 2 rings (SSSR count). The molecule has 1 aromatic carbocycles. The molecule has 21 heavy (non-hydrogen) atoms. The molecule has 1 aromatic heterocycles. The number of halogens is 2. The molecule has 0 bridgehead atoms. The molecule has 0 aliphatic heterocycles. The molecule has 5 nitrogen and oxygen atoms in total. The number of likely N-dealkylation sites (N-methyl/N-ethyl adjacent to an activating group) is 1. The van der Waals surface area contributed by atoms with Crippen LogP contribution in [0.1, 0.15) is 31.7 Å². The fourth-order valence-electron chi connectivity index (χ4n) is 1.66. The zero-order valence-corrected chi connectivity index (χ0v) is 13.0. The largest absolute Gasteiger partial charge is 0.481 e. The molecule has 0 spiro atoms. The summed E-state index contributed by atoms with van der Waals surface area (Å²) in [6.07, 6.45) is 0.301. The van der Waals surface area contributed by atoms with Gasteiger partial charge in [-0.05, 0) is 45.2 Å². The minimum Gasteiger partial charge on any atom is -0.481 e. The van der Waals surface area contributed by atoms with E-state index >= 15 is 0 Å². The summed E-state index contributed by atoms with van der Waals surface area (Å²) < 4.78 is 23.6. The minimum atomic E-state index is -0.383. The Morgan fingerprint density at radius 2 is 1.95 bits per heavy atom. The number of hydrogen-bond donors (Lipinski definition) is 1. The van der Waals surface area contributed by atoms with Crippen molar-refractivity contribution in [3.8, 4) is 5.75 Å². The van der Waals surface area contributed by atoms with E-state index in [1.54, 1.807) is 12.1 Å². The Kier molecular flexibility index (Phi) is 6.58. The number of rotatable bonds is 6. The van der Waals surface area contributed by atoms with Crippen molar-refractivity contribution in [3.63, 3.8) is 0 Å². The Bertz CT molecular complexity index is 547. The number of hydrogen-bond acceptors (Lipinski definition) is 5. The first-order valence-electron chi connectivity index (χ1n) is 6.50. The van der Waals surface area contributed by atoms with Crippen molar-refractivity contribution >= 4 is 12.4 Å². The number of benzene rings is 1. The molecule has 0 aliphatic rings. The number of aromatic nitrogens is 2. The number of nitrogens with one attached hydrogen (secondary N) is 1. The molecule has 1 heterocycles. The lowest BCUT2D eigenvalue weighted by Crippen LogP contribution is -2.24. The van der Waals surface area contributed by atoms with Crippen LogP contribution in [0.3, 0.4) is 0 Å². The lowest BCUT2D eigenvalue weighted by molar-refractivity contribution is 0.175. The van der Waals surface area contributed by atoms with Crippen molar-refractivity contribution in [1.29, 1.82) is 0 Å². The topological polar surface area (TPSA) is 60.2 Å². The van der Waals surface area contributed by atoms with E-state index in [9.17, 15) is 4.39 Å². The molecule has 0 aliphatic carbocycles. The Labute approximate surface area is 129 Å². The van der Waals surface area contributed by atoms with Gasteiger partial charge in [-0.15, -0.1) is 12.4 Å². The van der Waals surface area contributed by atoms with Crippen LogP contribution < -0.4 is 10.1 Å². The van der Waals surface area contributed by atoms with E-state index in [2.05, 4.69) is 15.5 Å². The van der Waals surface area contributed by atoms with Gasteiger partial charge in [0.05, 0.1) is 0 Å². The summed E-state index contributed by atoms with van der Waals surface area (Å²) in [4.78, 5) is 4.29. The van der Waals surface area contributed by atoms with Crippen molar-refractivity contribution in [2.45, 2.75) is 32.4 Å². The highest BCUT2D eigenvalue weighted by Gasteiger charge is 2.17. The van der Waals surface area contributed by atoms with Gasteiger partial charge in [-0.3, -0.25) is 0 Å². The third-order valence-electron chi connectivity index (χ3n) is 2.94. The van der Waals surface area contributed by atoms with Gasteiger partial charge in [0.15, 0.2) is 11.9 Å². The molecule has 0 saturated heterocycles. The standard InChI is InChI=1S/C14H18FN3O2.ClH/c1-9(16-3)8-13-17-14(20-18-13)10(2)19-12-6-4-11(15)5-7-12;/h4-7,9-10,16H,8H2,1-3H3;1H. The van der Waals surface area contributed by atoms with E-state index < -0.39 is 0 Å². The third-order valence-corrected chi connectivity index (χ3v) is 2.94. The predicted octanol–water partition coefficient (Wildman–Crippen LogP) is 2.92. The summed E-state index contributed by atoms with van der Waals surface area (Å²) >= 11 is 0. The van der Waals surface area contributed by atoms with Gasteiger partial charge >= 0.3 is 0 Å². The van der Waals surface area contributed by atoms with Gasteiger partial charge in [-0.1, -0.05) is 5.16 Å². The van der Waals surface area contributed by atoms with Crippen molar-refractivity contribution in [1.82, 2.24) is 15.5 Å². The van der Waals surface area contributed by atoms with Crippen LogP contribution in [0.4, 0.5) is 4.39 Å². The molecule has 2 unspecified atom stereocenters. The van der Waals surface area contributed by atoms with Crippen LogP contribution in [0.2, 0.25) is 0 Å². The second kappa shape index (κ2) is 7.95. The van der Waals surface area contributed by atoms with Crippen molar-refractivity contribution < 1.29 is 13.7 Å². The highest BCUT2D eigenvalue weighted by atomic mass is 35.5. The molecule has 7 heteroatoms. The maximum absolute atomic E-state index is 12.8. The van der Waals surface area contributed by atoms with Crippen LogP contribution in [-0.4, -0.2) is 23.2 Å². The summed E-state index contributed by atoms with van der Waals surface area (Å²) in [5, 5.41) is 7.02. The molecule has 2 atom stereocenters. The maximum Gasteiger partial charge on any atom is 0.267 e. The van der Waals surface area contributed by atoms with Crippen LogP contribution in [0.15, 0.2) is 28.8 Å². The fourth-order valence-corrected chi connectivity index (χ4v) is 1.66. The van der Waals surface area contributed by atoms with E-state index in [1.807, 2.05) is 20.9 Å². The van der Waals surface area contributed by atoms with Crippen LogP contribution in [-0.2, 0) is 6.42 Å². The lowest BCUT2D eigenvalue weighted by atomic mass is 10.2. The van der Waals surface area contributed by atoms with E-state index in [-0.39, 0.29) is 30.4 Å². The minimum absolute atomic E-state index is 0. The summed E-state index contributed by atoms with van der Waals surface area (Å²) in [6.45, 7) is 3.84. The molecular formula is C14H19ClFN3O2. The maximum atomic E-state index is 12.8. The lowest BCUT2D eigenvalue weighted by Gasteiger charge is -2.10. The van der Waals surface area contributed by atoms with Gasteiger partial charge in [0.1, 0.15) is 11.6 Å². The molecule has 0 radical (unpaired) electrons. The van der Waals surface area contributed by atoms with Gasteiger partial charge in [0, 0.05) is 12.5 Å². The molecule has 2 aromatic rings.